The number of aliphatic hydroxyl groups is 1. The molecule has 3 heterocycles. The molecule has 25 heavy (non-hydrogen) atoms. The molecule has 0 aromatic carbocycles. The normalized spacial score (nSPS) is 23.5. The topological polar surface area (TPSA) is 84.5 Å². The number of β-lactam (4-membered cyclic amide) rings is 1. The first-order valence-corrected chi connectivity index (χ1v) is 10.8. The van der Waals surface area contributed by atoms with Crippen LogP contribution < -0.4 is 9.67 Å². The summed E-state index contributed by atoms with van der Waals surface area (Å²) < 4.78 is 2.64. The number of nitrogens with zero attached hydrogens (tertiary/aromatic N) is 2. The van der Waals surface area contributed by atoms with Crippen LogP contribution >= 0.6 is 35.3 Å². The number of pyridine rings is 1. The molecule has 3 rings (SSSR count). The first kappa shape index (κ1) is 18.6. The Kier molecular flexibility index (Phi) is 5.67. The molecular formula is C16H18N2O4S3. The molecule has 6 nitrogen and oxygen atoms in total. The predicted molar refractivity (Wildman–Crippen MR) is 96.3 cm³/mol. The number of aliphatic carboxylic acids is 1. The van der Waals surface area contributed by atoms with Gasteiger partial charge in [0.15, 0.2) is 18.9 Å². The molecule has 1 aromatic rings. The molecule has 0 spiro atoms. The summed E-state index contributed by atoms with van der Waals surface area (Å²) in [6.45, 7) is 2.28. The fourth-order valence-electron chi connectivity index (χ4n) is 2.84. The third kappa shape index (κ3) is 3.55. The maximum Gasteiger partial charge on any atom is 0.236 e. The van der Waals surface area contributed by atoms with Gasteiger partial charge >= 0.3 is 0 Å². The minimum absolute atomic E-state index is 0.0511. The standard InChI is InChI=1S/C16H18N2O4S3/c1-9(19)11-13(20)18-12(15(21)22)16(25-14(11)18)24-7-6-17-5-3-4-10(8-17)23-2/h3-5,8-9,11,14,19H,6-7H2,1-2H3/t9-,11+,14-/m1/s1. The first-order chi connectivity index (χ1) is 11.9. The van der Waals surface area contributed by atoms with Crippen LogP contribution in [0.2, 0.25) is 0 Å². The zero-order valence-electron chi connectivity index (χ0n) is 13.7. The van der Waals surface area contributed by atoms with Crippen LogP contribution in [0.3, 0.4) is 0 Å². The average molecular weight is 399 g/mol. The van der Waals surface area contributed by atoms with Gasteiger partial charge in [0.2, 0.25) is 5.91 Å². The summed E-state index contributed by atoms with van der Waals surface area (Å²) in [5.41, 5.74) is -0.0511. The molecule has 0 bridgehead atoms. The minimum Gasteiger partial charge on any atom is -0.543 e. The van der Waals surface area contributed by atoms with Crippen LogP contribution in [0.25, 0.3) is 0 Å². The van der Waals surface area contributed by atoms with Crippen LogP contribution in [0.5, 0.6) is 0 Å². The second-order valence-electron chi connectivity index (χ2n) is 5.74. The maximum absolute atomic E-state index is 12.1. The van der Waals surface area contributed by atoms with Crippen molar-refractivity contribution in [1.82, 2.24) is 4.90 Å². The number of amides is 1. The minimum atomic E-state index is -1.34. The van der Waals surface area contributed by atoms with Crippen LogP contribution in [0, 0.1) is 5.92 Å². The van der Waals surface area contributed by atoms with Crippen LogP contribution in [-0.2, 0) is 16.1 Å². The summed E-state index contributed by atoms with van der Waals surface area (Å²) in [7, 11) is 0. The molecule has 0 aliphatic carbocycles. The maximum atomic E-state index is 12.1. The van der Waals surface area contributed by atoms with Crippen molar-refractivity contribution in [3.05, 3.63) is 34.5 Å². The zero-order chi connectivity index (χ0) is 18.1. The SMILES string of the molecule is CSc1ccc[n+](CCSC2=C(C(=O)[O-])N3C(=O)[C@H]([C@@H](C)O)[C@H]3S2)c1. The Morgan fingerprint density at radius 3 is 2.96 bits per heavy atom. The summed E-state index contributed by atoms with van der Waals surface area (Å²) in [5, 5.41) is 20.9. The second kappa shape index (κ2) is 7.61. The number of aliphatic hydroxyl groups excluding tert-OH is 1. The summed E-state index contributed by atoms with van der Waals surface area (Å²) in [6, 6.07) is 4.01. The van der Waals surface area contributed by atoms with E-state index in [1.807, 2.05) is 30.8 Å². The smallest absolute Gasteiger partial charge is 0.236 e. The number of hydrogen-bond acceptors (Lipinski definition) is 7. The lowest BCUT2D eigenvalue weighted by Gasteiger charge is -2.44. The third-order valence-electron chi connectivity index (χ3n) is 4.11. The van der Waals surface area contributed by atoms with Crippen molar-refractivity contribution in [2.75, 3.05) is 12.0 Å². The molecule has 1 aromatic heterocycles. The van der Waals surface area contributed by atoms with Gasteiger partial charge in [0.25, 0.3) is 0 Å². The molecule has 9 heteroatoms. The van der Waals surface area contributed by atoms with Crippen LogP contribution in [0.15, 0.2) is 39.4 Å². The van der Waals surface area contributed by atoms with Crippen LogP contribution in [0.4, 0.5) is 0 Å². The Bertz CT molecular complexity index is 738. The van der Waals surface area contributed by atoms with Gasteiger partial charge in [-0.15, -0.1) is 23.5 Å². The van der Waals surface area contributed by atoms with E-state index in [1.54, 1.807) is 18.7 Å². The summed E-state index contributed by atoms with van der Waals surface area (Å²) in [5.74, 6) is -1.56. The Labute approximate surface area is 158 Å². The third-order valence-corrected chi connectivity index (χ3v) is 7.46. The molecule has 0 unspecified atom stereocenters. The van der Waals surface area contributed by atoms with Crippen molar-refractivity contribution < 1.29 is 24.4 Å². The Balaban J connectivity index is 1.67. The van der Waals surface area contributed by atoms with Gasteiger partial charge in [-0.2, -0.15) is 0 Å². The van der Waals surface area contributed by atoms with Crippen molar-refractivity contribution in [2.24, 2.45) is 5.92 Å². The number of aryl methyl sites for hydroxylation is 1. The van der Waals surface area contributed by atoms with Crippen LogP contribution in [0.1, 0.15) is 6.92 Å². The molecule has 2 aliphatic rings. The van der Waals surface area contributed by atoms with E-state index in [2.05, 4.69) is 4.57 Å². The van der Waals surface area contributed by atoms with E-state index in [-0.39, 0.29) is 17.0 Å². The van der Waals surface area contributed by atoms with Crippen molar-refractivity contribution >= 4 is 47.2 Å². The number of carbonyl (C=O) groups is 2. The van der Waals surface area contributed by atoms with E-state index < -0.39 is 18.0 Å². The Morgan fingerprint density at radius 1 is 1.56 bits per heavy atom. The quantitative estimate of drug-likeness (QED) is 0.401. The fraction of sp³-hybridized carbons (Fsp3) is 0.438. The van der Waals surface area contributed by atoms with E-state index in [0.717, 1.165) is 11.4 Å². The second-order valence-corrected chi connectivity index (χ2v) is 9.11. The largest absolute Gasteiger partial charge is 0.543 e. The number of fused-ring (bicyclic) bond motifs is 1. The van der Waals surface area contributed by atoms with E-state index in [4.69, 9.17) is 0 Å². The number of carboxylic acids is 1. The lowest BCUT2D eigenvalue weighted by Crippen LogP contribution is -2.61. The summed E-state index contributed by atoms with van der Waals surface area (Å²) >= 11 is 4.41. The van der Waals surface area contributed by atoms with Gasteiger partial charge in [0.1, 0.15) is 5.37 Å². The van der Waals surface area contributed by atoms with Gasteiger partial charge in [0, 0.05) is 6.07 Å². The zero-order valence-corrected chi connectivity index (χ0v) is 16.2. The predicted octanol–water partition coefficient (Wildman–Crippen LogP) is 0.260. The number of carboxylic acid groups (broad SMARTS) is 1. The number of rotatable bonds is 7. The summed E-state index contributed by atoms with van der Waals surface area (Å²) in [6.07, 6.45) is 5.23. The van der Waals surface area contributed by atoms with Crippen molar-refractivity contribution in [3.8, 4) is 0 Å². The molecule has 134 valence electrons. The molecular weight excluding hydrogens is 380 g/mol. The lowest BCUT2D eigenvalue weighted by atomic mass is 9.92. The Morgan fingerprint density at radius 2 is 2.32 bits per heavy atom. The van der Waals surface area contributed by atoms with E-state index in [9.17, 15) is 19.8 Å². The number of carbonyl (C=O) groups excluding carboxylic acids is 2. The number of aromatic nitrogens is 1. The van der Waals surface area contributed by atoms with Gasteiger partial charge in [-0.25, -0.2) is 4.57 Å². The molecule has 1 saturated heterocycles. The van der Waals surface area contributed by atoms with Gasteiger partial charge in [-0.3, -0.25) is 9.69 Å². The van der Waals surface area contributed by atoms with Crippen molar-refractivity contribution in [2.45, 2.75) is 29.8 Å². The van der Waals surface area contributed by atoms with Crippen molar-refractivity contribution in [3.63, 3.8) is 0 Å². The van der Waals surface area contributed by atoms with Gasteiger partial charge in [0.05, 0.1) is 38.6 Å². The van der Waals surface area contributed by atoms with Gasteiger partial charge in [-0.1, -0.05) is 11.8 Å². The fourth-order valence-corrected chi connectivity index (χ4v) is 6.24. The Hall–Kier alpha value is -1.16. The average Bonchev–Trinajstić information content (AvgIpc) is 2.89. The molecule has 2 aliphatic heterocycles. The molecule has 0 saturated carbocycles. The highest BCUT2D eigenvalue weighted by Gasteiger charge is 2.56. The first-order valence-electron chi connectivity index (χ1n) is 7.73. The van der Waals surface area contributed by atoms with Crippen molar-refractivity contribution in [1.29, 1.82) is 0 Å². The highest BCUT2D eigenvalue weighted by molar-refractivity contribution is 8.22. The highest BCUT2D eigenvalue weighted by Crippen LogP contribution is 2.53. The van der Waals surface area contributed by atoms with Gasteiger partial charge in [-0.05, 0) is 19.2 Å². The molecule has 1 amide bonds. The van der Waals surface area contributed by atoms with Crippen LogP contribution in [-0.4, -0.2) is 45.4 Å². The molecule has 1 N–H and O–H groups in total. The number of hydrogen-bond donors (Lipinski definition) is 1. The monoisotopic (exact) mass is 398 g/mol. The molecule has 0 radical (unpaired) electrons. The molecule has 1 fully saturated rings. The van der Waals surface area contributed by atoms with E-state index in [0.29, 0.717) is 9.99 Å². The highest BCUT2D eigenvalue weighted by atomic mass is 32.2. The van der Waals surface area contributed by atoms with E-state index in [1.165, 1.54) is 28.4 Å². The molecule has 3 atom stereocenters. The summed E-state index contributed by atoms with van der Waals surface area (Å²) in [4.78, 5) is 26.0. The lowest BCUT2D eigenvalue weighted by molar-refractivity contribution is -0.694. The van der Waals surface area contributed by atoms with Gasteiger partial charge < -0.3 is 15.0 Å². The number of thioether (sulfide) groups is 3. The van der Waals surface area contributed by atoms with E-state index >= 15 is 0 Å².